The van der Waals surface area contributed by atoms with Crippen molar-refractivity contribution in [3.05, 3.63) is 75.4 Å². The molecule has 0 aliphatic heterocycles. The summed E-state index contributed by atoms with van der Waals surface area (Å²) in [6.45, 7) is 2.13. The SMILES string of the molecule is C[C@H]1CC(=O)c2cc(-c3ccc(Br)cc3)n(-c3cccc(Cl)c3)c2C1. The quantitative estimate of drug-likeness (QED) is 0.480. The zero-order valence-electron chi connectivity index (χ0n) is 13.8. The summed E-state index contributed by atoms with van der Waals surface area (Å²) in [7, 11) is 0. The number of carbonyl (C=O) groups excluding carboxylic acids is 1. The van der Waals surface area contributed by atoms with E-state index in [1.807, 2.05) is 42.5 Å². The van der Waals surface area contributed by atoms with E-state index in [1.165, 1.54) is 0 Å². The lowest BCUT2D eigenvalue weighted by Crippen LogP contribution is -2.19. The third-order valence-corrected chi connectivity index (χ3v) is 5.45. The molecule has 3 aromatic rings. The largest absolute Gasteiger partial charge is 0.313 e. The summed E-state index contributed by atoms with van der Waals surface area (Å²) in [6, 6.07) is 18.0. The van der Waals surface area contributed by atoms with Crippen molar-refractivity contribution in [1.29, 1.82) is 0 Å². The maximum absolute atomic E-state index is 12.6. The number of nitrogens with zero attached hydrogens (tertiary/aromatic N) is 1. The van der Waals surface area contributed by atoms with Crippen molar-refractivity contribution in [3.8, 4) is 16.9 Å². The topological polar surface area (TPSA) is 22.0 Å². The van der Waals surface area contributed by atoms with Crippen LogP contribution >= 0.6 is 27.5 Å². The van der Waals surface area contributed by atoms with Gasteiger partial charge in [0.05, 0.1) is 5.69 Å². The lowest BCUT2D eigenvalue weighted by molar-refractivity contribution is 0.0952. The van der Waals surface area contributed by atoms with Crippen LogP contribution < -0.4 is 0 Å². The van der Waals surface area contributed by atoms with Crippen LogP contribution in [0.15, 0.2) is 59.1 Å². The predicted molar refractivity (Wildman–Crippen MR) is 106 cm³/mol. The van der Waals surface area contributed by atoms with Gasteiger partial charge < -0.3 is 4.57 Å². The lowest BCUT2D eigenvalue weighted by atomic mass is 9.88. The summed E-state index contributed by atoms with van der Waals surface area (Å²) >= 11 is 9.72. The van der Waals surface area contributed by atoms with Crippen LogP contribution in [0.3, 0.4) is 0 Å². The molecule has 0 fully saturated rings. The number of Topliss-reactive ketones (excluding diaryl/α,β-unsaturated/α-hetero) is 1. The van der Waals surface area contributed by atoms with Gasteiger partial charge in [0.1, 0.15) is 0 Å². The maximum Gasteiger partial charge on any atom is 0.164 e. The molecule has 0 spiro atoms. The maximum atomic E-state index is 12.6. The Morgan fingerprint density at radius 3 is 2.56 bits per heavy atom. The second kappa shape index (κ2) is 6.47. The van der Waals surface area contributed by atoms with Gasteiger partial charge in [0.2, 0.25) is 0 Å². The summed E-state index contributed by atoms with van der Waals surface area (Å²) in [5.74, 6) is 0.582. The molecule has 0 saturated carbocycles. The highest BCUT2D eigenvalue weighted by atomic mass is 79.9. The Morgan fingerprint density at radius 1 is 1.08 bits per heavy atom. The van der Waals surface area contributed by atoms with Crippen LogP contribution in [0.1, 0.15) is 29.4 Å². The van der Waals surface area contributed by atoms with Gasteiger partial charge in [0, 0.05) is 32.9 Å². The first-order valence-corrected chi connectivity index (χ1v) is 9.49. The van der Waals surface area contributed by atoms with Crippen molar-refractivity contribution in [2.24, 2.45) is 5.92 Å². The summed E-state index contributed by atoms with van der Waals surface area (Å²) in [5.41, 5.74) is 5.04. The average molecular weight is 415 g/mol. The highest BCUT2D eigenvalue weighted by molar-refractivity contribution is 9.10. The molecule has 4 heteroatoms. The van der Waals surface area contributed by atoms with E-state index in [1.54, 1.807) is 0 Å². The van der Waals surface area contributed by atoms with Crippen LogP contribution in [-0.2, 0) is 6.42 Å². The zero-order valence-corrected chi connectivity index (χ0v) is 16.1. The van der Waals surface area contributed by atoms with Crippen molar-refractivity contribution in [1.82, 2.24) is 4.57 Å². The molecule has 25 heavy (non-hydrogen) atoms. The Balaban J connectivity index is 1.99. The van der Waals surface area contributed by atoms with Crippen LogP contribution in [0.4, 0.5) is 0 Å². The number of aromatic nitrogens is 1. The van der Waals surface area contributed by atoms with Crippen LogP contribution in [0.2, 0.25) is 5.02 Å². The Morgan fingerprint density at radius 2 is 1.84 bits per heavy atom. The van der Waals surface area contributed by atoms with Gasteiger partial charge >= 0.3 is 0 Å². The van der Waals surface area contributed by atoms with Crippen LogP contribution in [-0.4, -0.2) is 10.4 Å². The molecule has 0 radical (unpaired) electrons. The third-order valence-electron chi connectivity index (χ3n) is 4.69. The second-order valence-corrected chi connectivity index (χ2v) is 8.00. The van der Waals surface area contributed by atoms with E-state index >= 15 is 0 Å². The van der Waals surface area contributed by atoms with Gasteiger partial charge in [-0.15, -0.1) is 0 Å². The minimum absolute atomic E-state index is 0.230. The summed E-state index contributed by atoms with van der Waals surface area (Å²) in [6.07, 6.45) is 1.51. The second-order valence-electron chi connectivity index (χ2n) is 6.65. The van der Waals surface area contributed by atoms with E-state index in [0.717, 1.165) is 39.1 Å². The van der Waals surface area contributed by atoms with E-state index in [9.17, 15) is 4.79 Å². The van der Waals surface area contributed by atoms with E-state index in [2.05, 4.69) is 39.6 Å². The van der Waals surface area contributed by atoms with E-state index in [0.29, 0.717) is 17.4 Å². The molecule has 126 valence electrons. The number of hydrogen-bond acceptors (Lipinski definition) is 1. The van der Waals surface area contributed by atoms with Crippen molar-refractivity contribution < 1.29 is 4.79 Å². The first-order valence-electron chi connectivity index (χ1n) is 8.32. The first kappa shape index (κ1) is 16.6. The molecule has 1 aliphatic rings. The van der Waals surface area contributed by atoms with Crippen LogP contribution in [0.25, 0.3) is 16.9 Å². The third kappa shape index (κ3) is 3.07. The zero-order chi connectivity index (χ0) is 17.6. The molecule has 4 rings (SSSR count). The van der Waals surface area contributed by atoms with Crippen molar-refractivity contribution in [2.45, 2.75) is 19.8 Å². The Bertz CT molecular complexity index is 959. The number of hydrogen-bond donors (Lipinski definition) is 0. The number of carbonyl (C=O) groups is 1. The predicted octanol–water partition coefficient (Wildman–Crippen LogP) is 6.33. The molecule has 0 amide bonds. The fourth-order valence-electron chi connectivity index (χ4n) is 3.56. The fraction of sp³-hybridized carbons (Fsp3) is 0.190. The fourth-order valence-corrected chi connectivity index (χ4v) is 4.01. The average Bonchev–Trinajstić information content (AvgIpc) is 2.95. The van der Waals surface area contributed by atoms with Gasteiger partial charge in [0.25, 0.3) is 0 Å². The molecule has 0 unspecified atom stereocenters. The summed E-state index contributed by atoms with van der Waals surface area (Å²) in [4.78, 5) is 12.6. The molecule has 1 aliphatic carbocycles. The van der Waals surface area contributed by atoms with Gasteiger partial charge in [-0.1, -0.05) is 52.7 Å². The standard InChI is InChI=1S/C21H17BrClNO/c1-13-9-20-18(21(25)10-13)12-19(14-5-7-15(22)8-6-14)24(20)17-4-2-3-16(23)11-17/h2-8,11-13H,9-10H2,1H3/t13-/m1/s1. The van der Waals surface area contributed by atoms with Crippen molar-refractivity contribution >= 4 is 33.3 Å². The molecule has 1 heterocycles. The molecule has 0 saturated heterocycles. The van der Waals surface area contributed by atoms with Gasteiger partial charge in [-0.2, -0.15) is 0 Å². The van der Waals surface area contributed by atoms with Crippen molar-refractivity contribution in [2.75, 3.05) is 0 Å². The first-order chi connectivity index (χ1) is 12.0. The molecular formula is C21H17BrClNO. The van der Waals surface area contributed by atoms with Gasteiger partial charge in [-0.05, 0) is 54.3 Å². The van der Waals surface area contributed by atoms with Crippen molar-refractivity contribution in [3.63, 3.8) is 0 Å². The number of halogens is 2. The molecule has 0 bridgehead atoms. The molecule has 1 atom stereocenters. The molecule has 1 aromatic heterocycles. The smallest absolute Gasteiger partial charge is 0.164 e. The normalized spacial score (nSPS) is 16.8. The molecule has 2 nitrogen and oxygen atoms in total. The summed E-state index contributed by atoms with van der Waals surface area (Å²) < 4.78 is 3.23. The molecular weight excluding hydrogens is 398 g/mol. The van der Waals surface area contributed by atoms with Gasteiger partial charge in [-0.25, -0.2) is 0 Å². The van der Waals surface area contributed by atoms with Gasteiger partial charge in [0.15, 0.2) is 5.78 Å². The van der Waals surface area contributed by atoms with Crippen LogP contribution in [0.5, 0.6) is 0 Å². The van der Waals surface area contributed by atoms with E-state index in [-0.39, 0.29) is 5.78 Å². The Kier molecular flexibility index (Phi) is 4.30. The van der Waals surface area contributed by atoms with E-state index < -0.39 is 0 Å². The highest BCUT2D eigenvalue weighted by Crippen LogP contribution is 2.36. The minimum atomic E-state index is 0.230. The van der Waals surface area contributed by atoms with Gasteiger partial charge in [-0.3, -0.25) is 4.79 Å². The number of fused-ring (bicyclic) bond motifs is 1. The Hall–Kier alpha value is -1.84. The monoisotopic (exact) mass is 413 g/mol. The Labute approximate surface area is 160 Å². The number of rotatable bonds is 2. The van der Waals surface area contributed by atoms with Crippen LogP contribution in [0, 0.1) is 5.92 Å². The minimum Gasteiger partial charge on any atom is -0.313 e. The number of ketones is 1. The van der Waals surface area contributed by atoms with E-state index in [4.69, 9.17) is 11.6 Å². The summed E-state index contributed by atoms with van der Waals surface area (Å²) in [5, 5.41) is 0.692. The molecule has 0 N–H and O–H groups in total. The highest BCUT2D eigenvalue weighted by Gasteiger charge is 2.28. The number of benzene rings is 2. The molecule has 2 aromatic carbocycles. The lowest BCUT2D eigenvalue weighted by Gasteiger charge is -2.21.